The predicted molar refractivity (Wildman–Crippen MR) is 75.1 cm³/mol. The van der Waals surface area contributed by atoms with Gasteiger partial charge in [0.25, 0.3) is 0 Å². The molecule has 0 saturated carbocycles. The number of nitrogens with one attached hydrogen (secondary N) is 1. The van der Waals surface area contributed by atoms with Gasteiger partial charge in [-0.25, -0.2) is 4.98 Å². The minimum atomic E-state index is 0. The lowest BCUT2D eigenvalue weighted by Crippen LogP contribution is -2.29. The minimum absolute atomic E-state index is 0. The van der Waals surface area contributed by atoms with Crippen LogP contribution in [0.1, 0.15) is 28.2 Å². The molecule has 1 heterocycles. The number of para-hydroxylation sites is 1. The van der Waals surface area contributed by atoms with Crippen LogP contribution in [0.15, 0.2) is 28.6 Å². The van der Waals surface area contributed by atoms with E-state index >= 15 is 0 Å². The SMILES string of the molecule is C.CC(C)(C)NSc1nc2ccccc2s1. The van der Waals surface area contributed by atoms with Gasteiger partial charge < -0.3 is 0 Å². The molecule has 0 radical (unpaired) electrons. The lowest BCUT2D eigenvalue weighted by Gasteiger charge is -2.17. The first kappa shape index (κ1) is 13.5. The van der Waals surface area contributed by atoms with Gasteiger partial charge in [0.1, 0.15) is 0 Å². The van der Waals surface area contributed by atoms with E-state index < -0.39 is 0 Å². The summed E-state index contributed by atoms with van der Waals surface area (Å²) in [6.45, 7) is 6.44. The largest absolute Gasteiger partial charge is 0.253 e. The minimum Gasteiger partial charge on any atom is -0.253 e. The molecule has 0 unspecified atom stereocenters. The van der Waals surface area contributed by atoms with Crippen LogP contribution in [0.4, 0.5) is 0 Å². The number of thiazole rings is 1. The van der Waals surface area contributed by atoms with Crippen molar-refractivity contribution in [2.24, 2.45) is 0 Å². The summed E-state index contributed by atoms with van der Waals surface area (Å²) in [4.78, 5) is 4.53. The molecule has 2 nitrogen and oxygen atoms in total. The van der Waals surface area contributed by atoms with E-state index in [1.807, 2.05) is 18.2 Å². The Balaban J connectivity index is 0.00000128. The zero-order chi connectivity index (χ0) is 10.9. The molecule has 0 saturated heterocycles. The van der Waals surface area contributed by atoms with Crippen molar-refractivity contribution in [3.63, 3.8) is 0 Å². The Kier molecular flexibility index (Phi) is 4.35. The van der Waals surface area contributed by atoms with E-state index in [2.05, 4.69) is 36.5 Å². The molecule has 1 aromatic heterocycles. The van der Waals surface area contributed by atoms with Gasteiger partial charge in [-0.05, 0) is 44.9 Å². The Labute approximate surface area is 106 Å². The Morgan fingerprint density at radius 3 is 2.56 bits per heavy atom. The van der Waals surface area contributed by atoms with Gasteiger partial charge in [0.05, 0.1) is 10.2 Å². The van der Waals surface area contributed by atoms with Crippen molar-refractivity contribution in [2.45, 2.75) is 38.1 Å². The van der Waals surface area contributed by atoms with E-state index in [4.69, 9.17) is 0 Å². The van der Waals surface area contributed by atoms with E-state index in [9.17, 15) is 0 Å². The van der Waals surface area contributed by atoms with Crippen molar-refractivity contribution in [3.8, 4) is 0 Å². The molecule has 16 heavy (non-hydrogen) atoms. The summed E-state index contributed by atoms with van der Waals surface area (Å²) < 4.78 is 5.68. The van der Waals surface area contributed by atoms with Gasteiger partial charge in [0, 0.05) is 5.54 Å². The number of benzene rings is 1. The molecule has 0 amide bonds. The first-order valence-electron chi connectivity index (χ1n) is 4.84. The van der Waals surface area contributed by atoms with Crippen LogP contribution in [0.2, 0.25) is 0 Å². The number of fused-ring (bicyclic) bond motifs is 1. The molecule has 2 aromatic rings. The van der Waals surface area contributed by atoms with Crippen molar-refractivity contribution < 1.29 is 0 Å². The first-order valence-corrected chi connectivity index (χ1v) is 6.47. The van der Waals surface area contributed by atoms with Crippen molar-refractivity contribution in [1.29, 1.82) is 0 Å². The maximum Gasteiger partial charge on any atom is 0.166 e. The summed E-state index contributed by atoms with van der Waals surface area (Å²) in [5, 5.41) is 0. The van der Waals surface area contributed by atoms with Crippen molar-refractivity contribution >= 4 is 33.5 Å². The van der Waals surface area contributed by atoms with Gasteiger partial charge in [-0.3, -0.25) is 4.72 Å². The third-order valence-corrected chi connectivity index (χ3v) is 4.03. The van der Waals surface area contributed by atoms with E-state index in [1.54, 1.807) is 23.3 Å². The van der Waals surface area contributed by atoms with Crippen molar-refractivity contribution in [3.05, 3.63) is 24.3 Å². The van der Waals surface area contributed by atoms with E-state index in [1.165, 1.54) is 4.70 Å². The monoisotopic (exact) mass is 254 g/mol. The molecular weight excluding hydrogens is 236 g/mol. The Hall–Kier alpha value is -0.580. The Morgan fingerprint density at radius 2 is 1.94 bits per heavy atom. The molecule has 1 N–H and O–H groups in total. The van der Waals surface area contributed by atoms with E-state index in [0.29, 0.717) is 0 Å². The molecule has 2 rings (SSSR count). The first-order chi connectivity index (χ1) is 7.04. The standard InChI is InChI=1S/C11H14N2S2.CH4/c1-11(2,3)13-15-10-12-8-6-4-5-7-9(8)14-10;/h4-7,13H,1-3H3;1H4. The fourth-order valence-electron chi connectivity index (χ4n) is 1.09. The number of nitrogens with zero attached hydrogens (tertiary/aromatic N) is 1. The molecule has 1 aromatic carbocycles. The van der Waals surface area contributed by atoms with Gasteiger partial charge in [-0.15, -0.1) is 11.3 Å². The maximum absolute atomic E-state index is 4.53. The van der Waals surface area contributed by atoms with Crippen LogP contribution in [-0.2, 0) is 0 Å². The molecule has 88 valence electrons. The normalized spacial score (nSPS) is 11.4. The van der Waals surface area contributed by atoms with Crippen LogP contribution in [0, 0.1) is 0 Å². The predicted octanol–water partition coefficient (Wildman–Crippen LogP) is 4.33. The van der Waals surface area contributed by atoms with E-state index in [0.717, 1.165) is 9.86 Å². The summed E-state index contributed by atoms with van der Waals surface area (Å²) in [7, 11) is 0. The van der Waals surface area contributed by atoms with E-state index in [-0.39, 0.29) is 13.0 Å². The lowest BCUT2D eigenvalue weighted by molar-refractivity contribution is 0.535. The highest BCUT2D eigenvalue weighted by Gasteiger charge is 2.11. The van der Waals surface area contributed by atoms with Gasteiger partial charge in [0.2, 0.25) is 0 Å². The molecule has 0 bridgehead atoms. The van der Waals surface area contributed by atoms with Gasteiger partial charge in [-0.1, -0.05) is 19.6 Å². The van der Waals surface area contributed by atoms with Crippen LogP contribution >= 0.6 is 23.3 Å². The number of rotatable bonds is 2. The highest BCUT2D eigenvalue weighted by Crippen LogP contribution is 2.28. The second-order valence-corrected chi connectivity index (χ2v) is 6.49. The lowest BCUT2D eigenvalue weighted by atomic mass is 10.1. The summed E-state index contributed by atoms with van der Waals surface area (Å²) in [5.74, 6) is 0. The number of hydrogen-bond donors (Lipinski definition) is 1. The average molecular weight is 254 g/mol. The van der Waals surface area contributed by atoms with Gasteiger partial charge in [0.15, 0.2) is 4.34 Å². The summed E-state index contributed by atoms with van der Waals surface area (Å²) in [6.07, 6.45) is 0. The van der Waals surface area contributed by atoms with Crippen LogP contribution in [0.3, 0.4) is 0 Å². The fourth-order valence-corrected chi connectivity index (χ4v) is 2.89. The molecular formula is C12H18N2S2. The van der Waals surface area contributed by atoms with Gasteiger partial charge in [-0.2, -0.15) is 0 Å². The van der Waals surface area contributed by atoms with Crippen molar-refractivity contribution in [2.75, 3.05) is 0 Å². The third-order valence-electron chi connectivity index (χ3n) is 1.72. The van der Waals surface area contributed by atoms with Crippen LogP contribution < -0.4 is 4.72 Å². The molecule has 0 aliphatic rings. The highest BCUT2D eigenvalue weighted by molar-refractivity contribution is 7.99. The fraction of sp³-hybridized carbons (Fsp3) is 0.417. The number of hydrogen-bond acceptors (Lipinski definition) is 4. The Bertz CT molecular complexity index is 424. The van der Waals surface area contributed by atoms with Crippen molar-refractivity contribution in [1.82, 2.24) is 9.71 Å². The zero-order valence-corrected chi connectivity index (χ0v) is 10.7. The second-order valence-electron chi connectivity index (χ2n) is 4.40. The molecule has 4 heteroatoms. The smallest absolute Gasteiger partial charge is 0.166 e. The molecule has 0 spiro atoms. The number of aromatic nitrogens is 1. The maximum atomic E-state index is 4.53. The summed E-state index contributed by atoms with van der Waals surface area (Å²) >= 11 is 3.34. The van der Waals surface area contributed by atoms with Crippen LogP contribution in [0.25, 0.3) is 10.2 Å². The second kappa shape index (κ2) is 5.17. The topological polar surface area (TPSA) is 24.9 Å². The van der Waals surface area contributed by atoms with Crippen LogP contribution in [0.5, 0.6) is 0 Å². The highest BCUT2D eigenvalue weighted by atomic mass is 32.2. The average Bonchev–Trinajstić information content (AvgIpc) is 2.56. The third kappa shape index (κ3) is 3.47. The zero-order valence-electron chi connectivity index (χ0n) is 9.07. The van der Waals surface area contributed by atoms with Gasteiger partial charge >= 0.3 is 0 Å². The summed E-state index contributed by atoms with van der Waals surface area (Å²) in [5.41, 5.74) is 1.20. The Morgan fingerprint density at radius 1 is 1.25 bits per heavy atom. The molecule has 0 aliphatic heterocycles. The quantitative estimate of drug-likeness (QED) is 0.808. The molecule has 0 aliphatic carbocycles. The molecule has 0 fully saturated rings. The van der Waals surface area contributed by atoms with Crippen LogP contribution in [-0.4, -0.2) is 10.5 Å². The molecule has 0 atom stereocenters. The summed E-state index contributed by atoms with van der Waals surface area (Å²) in [6, 6.07) is 8.22.